The third-order valence-corrected chi connectivity index (χ3v) is 4.82. The van der Waals surface area contributed by atoms with Crippen LogP contribution in [0.5, 0.6) is 0 Å². The van der Waals surface area contributed by atoms with Crippen LogP contribution in [0.25, 0.3) is 0 Å². The molecule has 1 aliphatic heterocycles. The van der Waals surface area contributed by atoms with Crippen LogP contribution < -0.4 is 10.6 Å². The van der Waals surface area contributed by atoms with Gasteiger partial charge in [-0.05, 0) is 47.9 Å². The van der Waals surface area contributed by atoms with Crippen LogP contribution in [0.1, 0.15) is 30.9 Å². The van der Waals surface area contributed by atoms with Crippen molar-refractivity contribution in [2.75, 3.05) is 36.9 Å². The van der Waals surface area contributed by atoms with Crippen LogP contribution in [0, 0.1) is 16.7 Å². The summed E-state index contributed by atoms with van der Waals surface area (Å²) in [7, 11) is 0. The molecule has 21 heavy (non-hydrogen) atoms. The van der Waals surface area contributed by atoms with Crippen molar-refractivity contribution in [3.63, 3.8) is 0 Å². The first-order valence-electron chi connectivity index (χ1n) is 7.72. The van der Waals surface area contributed by atoms with Crippen molar-refractivity contribution in [3.8, 4) is 6.07 Å². The zero-order valence-corrected chi connectivity index (χ0v) is 12.7. The topological polar surface area (TPSA) is 62.3 Å². The fourth-order valence-corrected chi connectivity index (χ4v) is 3.50. The molecule has 1 aromatic carbocycles. The summed E-state index contributed by atoms with van der Waals surface area (Å²) in [6.45, 7) is 5.59. The summed E-state index contributed by atoms with van der Waals surface area (Å²) in [6.07, 6.45) is 3.71. The molecule has 1 aliphatic carbocycles. The number of anilines is 2. The van der Waals surface area contributed by atoms with E-state index in [2.05, 4.69) is 30.0 Å². The summed E-state index contributed by atoms with van der Waals surface area (Å²) in [5.74, 6) is 0. The summed E-state index contributed by atoms with van der Waals surface area (Å²) in [4.78, 5) is 2.32. The maximum Gasteiger partial charge on any atom is 0.0642 e. The molecule has 1 unspecified atom stereocenters. The number of benzene rings is 1. The Morgan fingerprint density at radius 1 is 1.33 bits per heavy atom. The van der Waals surface area contributed by atoms with Crippen molar-refractivity contribution in [2.24, 2.45) is 5.41 Å². The zero-order chi connectivity index (χ0) is 14.9. The van der Waals surface area contributed by atoms with E-state index in [4.69, 9.17) is 15.7 Å². The third kappa shape index (κ3) is 2.84. The van der Waals surface area contributed by atoms with Crippen molar-refractivity contribution in [1.82, 2.24) is 0 Å². The number of nitrogens with two attached hydrogens (primary N) is 1. The summed E-state index contributed by atoms with van der Waals surface area (Å²) in [6, 6.07) is 6.73. The van der Waals surface area contributed by atoms with E-state index < -0.39 is 0 Å². The first-order valence-corrected chi connectivity index (χ1v) is 7.72. The monoisotopic (exact) mass is 285 g/mol. The molecule has 0 amide bonds. The first-order chi connectivity index (χ1) is 10.1. The minimum atomic E-state index is 0.106. The average molecular weight is 285 g/mol. The van der Waals surface area contributed by atoms with Crippen LogP contribution in [0.15, 0.2) is 12.1 Å². The number of ether oxygens (including phenoxy) is 1. The molecule has 1 fully saturated rings. The van der Waals surface area contributed by atoms with Crippen LogP contribution in [0.2, 0.25) is 0 Å². The Balaban J connectivity index is 1.87. The van der Waals surface area contributed by atoms with Crippen LogP contribution in [0.4, 0.5) is 11.4 Å². The highest BCUT2D eigenvalue weighted by Crippen LogP contribution is 2.40. The van der Waals surface area contributed by atoms with Crippen LogP contribution in [-0.4, -0.2) is 26.3 Å². The van der Waals surface area contributed by atoms with Gasteiger partial charge in [0, 0.05) is 19.5 Å². The molecule has 1 saturated heterocycles. The number of fused-ring (bicyclic) bond motifs is 1. The number of hydrogen-bond acceptors (Lipinski definition) is 4. The largest absolute Gasteiger partial charge is 0.397 e. The fourth-order valence-electron chi connectivity index (χ4n) is 3.50. The van der Waals surface area contributed by atoms with Crippen molar-refractivity contribution >= 4 is 11.4 Å². The van der Waals surface area contributed by atoms with Crippen molar-refractivity contribution < 1.29 is 4.74 Å². The van der Waals surface area contributed by atoms with E-state index in [0.717, 1.165) is 56.9 Å². The molecular formula is C17H23N3O. The summed E-state index contributed by atoms with van der Waals surface area (Å²) < 4.78 is 5.41. The van der Waals surface area contributed by atoms with Crippen molar-refractivity contribution in [3.05, 3.63) is 23.3 Å². The van der Waals surface area contributed by atoms with Gasteiger partial charge in [-0.3, -0.25) is 0 Å². The van der Waals surface area contributed by atoms with Gasteiger partial charge in [-0.1, -0.05) is 6.92 Å². The molecule has 0 aromatic heterocycles. The van der Waals surface area contributed by atoms with E-state index in [1.165, 1.54) is 11.1 Å². The SMILES string of the molecule is CC1(CC#N)CCc2cc(N3CCOCC3)c(N)cc2C1. The molecule has 112 valence electrons. The highest BCUT2D eigenvalue weighted by molar-refractivity contribution is 5.70. The van der Waals surface area contributed by atoms with Gasteiger partial charge in [0.25, 0.3) is 0 Å². The number of nitrogens with zero attached hydrogens (tertiary/aromatic N) is 2. The molecule has 1 heterocycles. The Bertz CT molecular complexity index is 572. The van der Waals surface area contributed by atoms with E-state index in [-0.39, 0.29) is 5.41 Å². The number of nitrogen functional groups attached to an aromatic ring is 1. The number of morpholine rings is 1. The number of aryl methyl sites for hydroxylation is 1. The van der Waals surface area contributed by atoms with E-state index in [1.807, 2.05) is 0 Å². The highest BCUT2D eigenvalue weighted by Gasteiger charge is 2.30. The van der Waals surface area contributed by atoms with Gasteiger partial charge in [0.15, 0.2) is 0 Å². The first kappa shape index (κ1) is 14.2. The summed E-state index contributed by atoms with van der Waals surface area (Å²) >= 11 is 0. The molecule has 0 bridgehead atoms. The zero-order valence-electron chi connectivity index (χ0n) is 12.7. The van der Waals surface area contributed by atoms with Crippen LogP contribution in [0.3, 0.4) is 0 Å². The van der Waals surface area contributed by atoms with E-state index in [1.54, 1.807) is 0 Å². The Kier molecular flexibility index (Phi) is 3.77. The quantitative estimate of drug-likeness (QED) is 0.848. The summed E-state index contributed by atoms with van der Waals surface area (Å²) in [5, 5.41) is 9.01. The van der Waals surface area contributed by atoms with Crippen molar-refractivity contribution in [1.29, 1.82) is 5.26 Å². The fraction of sp³-hybridized carbons (Fsp3) is 0.588. The second kappa shape index (κ2) is 5.57. The van der Waals surface area contributed by atoms with Gasteiger partial charge in [-0.25, -0.2) is 0 Å². The van der Waals surface area contributed by atoms with Crippen molar-refractivity contribution in [2.45, 2.75) is 32.6 Å². The second-order valence-corrected chi connectivity index (χ2v) is 6.60. The lowest BCUT2D eigenvalue weighted by molar-refractivity contribution is 0.123. The van der Waals surface area contributed by atoms with Gasteiger partial charge in [0.1, 0.15) is 0 Å². The smallest absolute Gasteiger partial charge is 0.0642 e. The number of hydrogen-bond donors (Lipinski definition) is 1. The van der Waals surface area contributed by atoms with Gasteiger partial charge in [0.2, 0.25) is 0 Å². The summed E-state index contributed by atoms with van der Waals surface area (Å²) in [5.41, 5.74) is 11.1. The molecule has 0 spiro atoms. The lowest BCUT2D eigenvalue weighted by Crippen LogP contribution is -2.37. The molecule has 4 heteroatoms. The molecule has 2 aliphatic rings. The highest BCUT2D eigenvalue weighted by atomic mass is 16.5. The minimum Gasteiger partial charge on any atom is -0.397 e. The van der Waals surface area contributed by atoms with Gasteiger partial charge in [-0.2, -0.15) is 5.26 Å². The number of rotatable bonds is 2. The van der Waals surface area contributed by atoms with Gasteiger partial charge in [0.05, 0.1) is 30.7 Å². The van der Waals surface area contributed by atoms with Crippen LogP contribution in [-0.2, 0) is 17.6 Å². The predicted molar refractivity (Wildman–Crippen MR) is 84.2 cm³/mol. The Morgan fingerprint density at radius 2 is 2.10 bits per heavy atom. The lowest BCUT2D eigenvalue weighted by Gasteiger charge is -2.35. The van der Waals surface area contributed by atoms with Gasteiger partial charge in [-0.15, -0.1) is 0 Å². The maximum atomic E-state index is 9.01. The average Bonchev–Trinajstić information content (AvgIpc) is 2.47. The Morgan fingerprint density at radius 3 is 2.81 bits per heavy atom. The Hall–Kier alpha value is -1.73. The van der Waals surface area contributed by atoms with E-state index in [0.29, 0.717) is 6.42 Å². The minimum absolute atomic E-state index is 0.106. The predicted octanol–water partition coefficient (Wildman–Crippen LogP) is 2.51. The molecule has 4 nitrogen and oxygen atoms in total. The molecule has 1 aromatic rings. The molecule has 0 radical (unpaired) electrons. The molecule has 3 rings (SSSR count). The van der Waals surface area contributed by atoms with Gasteiger partial charge < -0.3 is 15.4 Å². The second-order valence-electron chi connectivity index (χ2n) is 6.60. The Labute approximate surface area is 126 Å². The molecule has 0 saturated carbocycles. The molecule has 2 N–H and O–H groups in total. The lowest BCUT2D eigenvalue weighted by atomic mass is 9.71. The van der Waals surface area contributed by atoms with Gasteiger partial charge >= 0.3 is 0 Å². The normalized spacial score (nSPS) is 25.2. The third-order valence-electron chi connectivity index (χ3n) is 4.82. The molecular weight excluding hydrogens is 262 g/mol. The molecule has 1 atom stereocenters. The van der Waals surface area contributed by atoms with E-state index >= 15 is 0 Å². The van der Waals surface area contributed by atoms with E-state index in [9.17, 15) is 0 Å². The van der Waals surface area contributed by atoms with Crippen LogP contribution >= 0.6 is 0 Å². The standard InChI is InChI=1S/C17H23N3O/c1-17(4-5-18)3-2-13-11-16(15(19)10-14(13)12-17)20-6-8-21-9-7-20/h10-11H,2-4,6-9,12,19H2,1H3. The maximum absolute atomic E-state index is 9.01. The number of nitriles is 1.